The predicted molar refractivity (Wildman–Crippen MR) is 104 cm³/mol. The van der Waals surface area contributed by atoms with E-state index in [0.29, 0.717) is 28.2 Å². The zero-order chi connectivity index (χ0) is 19.3. The van der Waals surface area contributed by atoms with Crippen molar-refractivity contribution in [1.82, 2.24) is 0 Å². The molecule has 0 aliphatic carbocycles. The van der Waals surface area contributed by atoms with Gasteiger partial charge in [-0.1, -0.05) is 71.9 Å². The van der Waals surface area contributed by atoms with Crippen LogP contribution in [0.2, 0.25) is 0 Å². The van der Waals surface area contributed by atoms with Gasteiger partial charge in [-0.2, -0.15) is 0 Å². The van der Waals surface area contributed by atoms with E-state index in [-0.39, 0.29) is 12.4 Å². The zero-order valence-electron chi connectivity index (χ0n) is 14.8. The molecule has 4 rings (SSSR count). The maximum absolute atomic E-state index is 13.8. The number of benzene rings is 3. The second-order valence-electron chi connectivity index (χ2n) is 6.16. The van der Waals surface area contributed by atoms with E-state index in [1.54, 1.807) is 30.3 Å². The third kappa shape index (κ3) is 3.69. The van der Waals surface area contributed by atoms with Gasteiger partial charge in [0.15, 0.2) is 0 Å². The van der Waals surface area contributed by atoms with Crippen molar-refractivity contribution in [2.75, 3.05) is 0 Å². The molecule has 1 aliphatic heterocycles. The number of halogens is 1. The molecule has 1 heterocycles. The van der Waals surface area contributed by atoms with Crippen LogP contribution in [0.3, 0.4) is 0 Å². The molecule has 3 aromatic carbocycles. The summed E-state index contributed by atoms with van der Waals surface area (Å²) in [6.45, 7) is 0.0803. The highest BCUT2D eigenvalue weighted by Gasteiger charge is 2.27. The maximum Gasteiger partial charge on any atom is 0.368 e. The van der Waals surface area contributed by atoms with E-state index >= 15 is 0 Å². The first-order valence-corrected chi connectivity index (χ1v) is 8.74. The number of hydrogen-bond donors (Lipinski definition) is 0. The van der Waals surface area contributed by atoms with E-state index in [1.165, 1.54) is 6.07 Å². The Kier molecular flexibility index (Phi) is 4.97. The Bertz CT molecular complexity index is 1070. The summed E-state index contributed by atoms with van der Waals surface area (Å²) >= 11 is 0. The Hall–Kier alpha value is -3.73. The van der Waals surface area contributed by atoms with Gasteiger partial charge in [0.25, 0.3) is 0 Å². The summed E-state index contributed by atoms with van der Waals surface area (Å²) in [7, 11) is 0. The van der Waals surface area contributed by atoms with E-state index in [2.05, 4.69) is 5.16 Å². The number of hydrogen-bond acceptors (Lipinski definition) is 4. The Morgan fingerprint density at radius 3 is 2.46 bits per heavy atom. The normalized spacial score (nSPS) is 14.7. The standard InChI is InChI=1S/C23H16FNO3/c24-20-12-6-4-11-18(20)15-27-21-13-7-5-10-17(21)14-19-22(25-28-23(19)26)16-8-2-1-3-9-16/h1-14H,15H2/b19-14-. The molecule has 4 nitrogen and oxygen atoms in total. The van der Waals surface area contributed by atoms with Crippen LogP contribution in [0.25, 0.3) is 6.08 Å². The first kappa shape index (κ1) is 17.7. The molecule has 5 heteroatoms. The summed E-state index contributed by atoms with van der Waals surface area (Å²) in [5.41, 5.74) is 2.72. The third-order valence-electron chi connectivity index (χ3n) is 4.30. The van der Waals surface area contributed by atoms with Crippen molar-refractivity contribution >= 4 is 17.8 Å². The zero-order valence-corrected chi connectivity index (χ0v) is 14.8. The molecule has 0 fully saturated rings. The Balaban J connectivity index is 1.63. The van der Waals surface area contributed by atoms with Gasteiger partial charge in [-0.25, -0.2) is 9.18 Å². The van der Waals surface area contributed by atoms with Gasteiger partial charge < -0.3 is 9.57 Å². The minimum atomic E-state index is -0.525. The van der Waals surface area contributed by atoms with Crippen LogP contribution >= 0.6 is 0 Å². The monoisotopic (exact) mass is 373 g/mol. The van der Waals surface area contributed by atoms with E-state index in [1.807, 2.05) is 48.5 Å². The number of carbonyl (C=O) groups is 1. The second-order valence-corrected chi connectivity index (χ2v) is 6.16. The van der Waals surface area contributed by atoms with E-state index in [0.717, 1.165) is 5.56 Å². The van der Waals surface area contributed by atoms with Gasteiger partial charge in [0.05, 0.1) is 5.57 Å². The molecule has 0 unspecified atom stereocenters. The van der Waals surface area contributed by atoms with Crippen molar-refractivity contribution in [1.29, 1.82) is 0 Å². The number of nitrogens with zero attached hydrogens (tertiary/aromatic N) is 1. The molecule has 1 aliphatic rings. The molecule has 0 spiro atoms. The van der Waals surface area contributed by atoms with Gasteiger partial charge in [0.1, 0.15) is 23.9 Å². The lowest BCUT2D eigenvalue weighted by molar-refractivity contribution is -0.136. The Morgan fingerprint density at radius 2 is 1.64 bits per heavy atom. The topological polar surface area (TPSA) is 47.9 Å². The molecular formula is C23H16FNO3. The number of carbonyl (C=O) groups excluding carboxylic acids is 1. The minimum absolute atomic E-state index is 0.0803. The van der Waals surface area contributed by atoms with Gasteiger partial charge in [0, 0.05) is 16.7 Å². The highest BCUT2D eigenvalue weighted by molar-refractivity contribution is 6.31. The number of oxime groups is 1. The van der Waals surface area contributed by atoms with Crippen LogP contribution in [0.5, 0.6) is 5.75 Å². The quantitative estimate of drug-likeness (QED) is 0.479. The van der Waals surface area contributed by atoms with Crippen LogP contribution in [0.1, 0.15) is 16.7 Å². The summed E-state index contributed by atoms with van der Waals surface area (Å²) in [6, 6.07) is 23.0. The molecular weight excluding hydrogens is 357 g/mol. The summed E-state index contributed by atoms with van der Waals surface area (Å²) in [5.74, 6) is -0.315. The number of rotatable bonds is 5. The van der Waals surface area contributed by atoms with Gasteiger partial charge in [-0.3, -0.25) is 0 Å². The average molecular weight is 373 g/mol. The molecule has 28 heavy (non-hydrogen) atoms. The van der Waals surface area contributed by atoms with Crippen LogP contribution in [0.15, 0.2) is 89.6 Å². The van der Waals surface area contributed by atoms with Crippen LogP contribution < -0.4 is 4.74 Å². The fourth-order valence-electron chi connectivity index (χ4n) is 2.87. The van der Waals surface area contributed by atoms with E-state index in [4.69, 9.17) is 9.57 Å². The van der Waals surface area contributed by atoms with Gasteiger partial charge in [0.2, 0.25) is 0 Å². The fraction of sp³-hybridized carbons (Fsp3) is 0.0435. The van der Waals surface area contributed by atoms with Crippen LogP contribution in [0, 0.1) is 5.82 Å². The van der Waals surface area contributed by atoms with Crippen molar-refractivity contribution in [3.8, 4) is 5.75 Å². The molecule has 0 saturated carbocycles. The van der Waals surface area contributed by atoms with Crippen LogP contribution in [-0.4, -0.2) is 11.7 Å². The molecule has 0 radical (unpaired) electrons. The van der Waals surface area contributed by atoms with E-state index in [9.17, 15) is 9.18 Å². The molecule has 3 aromatic rings. The minimum Gasteiger partial charge on any atom is -0.488 e. The average Bonchev–Trinajstić information content (AvgIpc) is 3.09. The lowest BCUT2D eigenvalue weighted by atomic mass is 10.0. The fourth-order valence-corrected chi connectivity index (χ4v) is 2.87. The highest BCUT2D eigenvalue weighted by Crippen LogP contribution is 2.26. The molecule has 0 N–H and O–H groups in total. The Labute approximate surface area is 161 Å². The number of ether oxygens (including phenoxy) is 1. The predicted octanol–water partition coefficient (Wildman–Crippen LogP) is 4.75. The summed E-state index contributed by atoms with van der Waals surface area (Å²) in [4.78, 5) is 17.1. The van der Waals surface area contributed by atoms with Crippen molar-refractivity contribution in [3.63, 3.8) is 0 Å². The van der Waals surface area contributed by atoms with Crippen molar-refractivity contribution in [3.05, 3.63) is 107 Å². The second kappa shape index (κ2) is 7.88. The largest absolute Gasteiger partial charge is 0.488 e. The van der Waals surface area contributed by atoms with Gasteiger partial charge in [-0.05, 0) is 18.2 Å². The SMILES string of the molecule is O=C1ON=C(c2ccccc2)/C1=C/c1ccccc1OCc1ccccc1F. The van der Waals surface area contributed by atoms with Gasteiger partial charge in [-0.15, -0.1) is 0 Å². The highest BCUT2D eigenvalue weighted by atomic mass is 19.1. The summed E-state index contributed by atoms with van der Waals surface area (Å²) in [5, 5.41) is 3.91. The van der Waals surface area contributed by atoms with Crippen molar-refractivity contribution in [2.45, 2.75) is 6.61 Å². The molecule has 0 amide bonds. The van der Waals surface area contributed by atoms with E-state index < -0.39 is 5.97 Å². The van der Waals surface area contributed by atoms with Crippen molar-refractivity contribution in [2.24, 2.45) is 5.16 Å². The summed E-state index contributed by atoms with van der Waals surface area (Å²) < 4.78 is 19.7. The first-order valence-electron chi connectivity index (χ1n) is 8.74. The molecule has 0 saturated heterocycles. The molecule has 0 atom stereocenters. The smallest absolute Gasteiger partial charge is 0.368 e. The van der Waals surface area contributed by atoms with Crippen LogP contribution in [0.4, 0.5) is 4.39 Å². The molecule has 0 bridgehead atoms. The van der Waals surface area contributed by atoms with Gasteiger partial charge >= 0.3 is 5.97 Å². The maximum atomic E-state index is 13.8. The summed E-state index contributed by atoms with van der Waals surface area (Å²) in [6.07, 6.45) is 1.68. The first-order chi connectivity index (χ1) is 13.7. The number of para-hydroxylation sites is 1. The molecule has 138 valence electrons. The Morgan fingerprint density at radius 1 is 0.929 bits per heavy atom. The third-order valence-corrected chi connectivity index (χ3v) is 4.30. The lowest BCUT2D eigenvalue weighted by Gasteiger charge is -2.10. The lowest BCUT2D eigenvalue weighted by Crippen LogP contribution is -2.07. The molecule has 0 aromatic heterocycles. The van der Waals surface area contributed by atoms with Crippen molar-refractivity contribution < 1.29 is 18.8 Å². The van der Waals surface area contributed by atoms with Crippen LogP contribution in [-0.2, 0) is 16.2 Å².